The van der Waals surface area contributed by atoms with Gasteiger partial charge in [0.2, 0.25) is 0 Å². The van der Waals surface area contributed by atoms with Crippen molar-refractivity contribution in [3.8, 4) is 17.2 Å². The zero-order valence-corrected chi connectivity index (χ0v) is 19.5. The molecule has 4 rings (SSSR count). The molecule has 0 spiro atoms. The Morgan fingerprint density at radius 1 is 0.824 bits per heavy atom. The lowest BCUT2D eigenvalue weighted by atomic mass is 10.0. The number of methoxy groups -OCH3 is 2. The van der Waals surface area contributed by atoms with Gasteiger partial charge in [-0.2, -0.15) is 0 Å². The molecule has 1 heterocycles. The first kappa shape index (κ1) is 22.9. The number of carbonyl (C=O) groups excluding carboxylic acids is 2. The lowest BCUT2D eigenvalue weighted by molar-refractivity contribution is -0.120. The Labute approximate surface area is 198 Å². The molecule has 7 nitrogen and oxygen atoms in total. The number of ether oxygens (including phenoxy) is 3. The topological polar surface area (TPSA) is 77.1 Å². The zero-order chi connectivity index (χ0) is 24.2. The molecule has 2 amide bonds. The highest BCUT2D eigenvalue weighted by molar-refractivity contribution is 6.46. The SMILES string of the molecule is CCOc1ccc(C2=C(Nc3cc(OC)ccc3OC)C(=O)N(c3ccc(C)cc3)C2=O)cc1. The summed E-state index contributed by atoms with van der Waals surface area (Å²) in [7, 11) is 3.09. The van der Waals surface area contributed by atoms with E-state index in [-0.39, 0.29) is 11.3 Å². The molecule has 0 atom stereocenters. The van der Waals surface area contributed by atoms with E-state index in [1.165, 1.54) is 12.0 Å². The maximum atomic E-state index is 13.6. The number of anilines is 2. The Balaban J connectivity index is 1.82. The van der Waals surface area contributed by atoms with Crippen molar-refractivity contribution in [2.45, 2.75) is 13.8 Å². The van der Waals surface area contributed by atoms with E-state index in [4.69, 9.17) is 14.2 Å². The Kier molecular flexibility index (Phi) is 6.54. The summed E-state index contributed by atoms with van der Waals surface area (Å²) < 4.78 is 16.3. The number of rotatable bonds is 8. The molecule has 0 saturated carbocycles. The molecule has 34 heavy (non-hydrogen) atoms. The molecular weight excluding hydrogens is 432 g/mol. The second-order valence-corrected chi connectivity index (χ2v) is 7.68. The summed E-state index contributed by atoms with van der Waals surface area (Å²) in [5, 5.41) is 3.15. The van der Waals surface area contributed by atoms with Gasteiger partial charge in [0, 0.05) is 6.07 Å². The van der Waals surface area contributed by atoms with Crippen molar-refractivity contribution < 1.29 is 23.8 Å². The van der Waals surface area contributed by atoms with E-state index in [1.807, 2.05) is 26.0 Å². The Hall–Kier alpha value is -4.26. The van der Waals surface area contributed by atoms with Gasteiger partial charge in [-0.1, -0.05) is 29.8 Å². The summed E-state index contributed by atoms with van der Waals surface area (Å²) >= 11 is 0. The van der Waals surface area contributed by atoms with E-state index >= 15 is 0 Å². The van der Waals surface area contributed by atoms with E-state index < -0.39 is 11.8 Å². The van der Waals surface area contributed by atoms with Crippen LogP contribution in [0.4, 0.5) is 11.4 Å². The second-order valence-electron chi connectivity index (χ2n) is 7.68. The van der Waals surface area contributed by atoms with Gasteiger partial charge in [0.25, 0.3) is 11.8 Å². The molecule has 7 heteroatoms. The van der Waals surface area contributed by atoms with Crippen molar-refractivity contribution in [2.75, 3.05) is 31.0 Å². The van der Waals surface area contributed by atoms with Crippen LogP contribution in [-0.4, -0.2) is 32.6 Å². The predicted molar refractivity (Wildman–Crippen MR) is 131 cm³/mol. The molecule has 3 aromatic carbocycles. The number of nitrogens with one attached hydrogen (secondary N) is 1. The molecule has 0 unspecified atom stereocenters. The molecule has 1 aliphatic heterocycles. The number of hydrogen-bond donors (Lipinski definition) is 1. The number of aryl methyl sites for hydroxylation is 1. The Morgan fingerprint density at radius 2 is 1.50 bits per heavy atom. The van der Waals surface area contributed by atoms with Crippen molar-refractivity contribution >= 4 is 28.8 Å². The van der Waals surface area contributed by atoms with Crippen LogP contribution in [0.5, 0.6) is 17.2 Å². The first-order chi connectivity index (χ1) is 16.5. The van der Waals surface area contributed by atoms with E-state index in [0.29, 0.717) is 40.8 Å². The summed E-state index contributed by atoms with van der Waals surface area (Å²) in [6.45, 7) is 4.38. The van der Waals surface area contributed by atoms with Crippen LogP contribution in [0, 0.1) is 6.92 Å². The number of hydrogen-bond acceptors (Lipinski definition) is 6. The van der Waals surface area contributed by atoms with Gasteiger partial charge in [0.1, 0.15) is 22.9 Å². The molecule has 0 aromatic heterocycles. The van der Waals surface area contributed by atoms with Crippen LogP contribution in [0.1, 0.15) is 18.1 Å². The summed E-state index contributed by atoms with van der Waals surface area (Å²) in [6.07, 6.45) is 0. The average Bonchev–Trinajstić information content (AvgIpc) is 3.09. The van der Waals surface area contributed by atoms with Crippen LogP contribution >= 0.6 is 0 Å². The molecule has 0 bridgehead atoms. The molecule has 0 saturated heterocycles. The van der Waals surface area contributed by atoms with Crippen molar-refractivity contribution in [2.24, 2.45) is 0 Å². The molecule has 174 valence electrons. The highest BCUT2D eigenvalue weighted by Gasteiger charge is 2.40. The lowest BCUT2D eigenvalue weighted by Gasteiger charge is -2.16. The Bertz CT molecular complexity index is 1250. The average molecular weight is 459 g/mol. The van der Waals surface area contributed by atoms with E-state index in [9.17, 15) is 9.59 Å². The Morgan fingerprint density at radius 3 is 2.12 bits per heavy atom. The van der Waals surface area contributed by atoms with Gasteiger partial charge in [-0.3, -0.25) is 9.59 Å². The molecule has 3 aromatic rings. The minimum atomic E-state index is -0.456. The van der Waals surface area contributed by atoms with Crippen LogP contribution in [0.3, 0.4) is 0 Å². The molecular formula is C27H26N2O5. The first-order valence-electron chi connectivity index (χ1n) is 10.9. The smallest absolute Gasteiger partial charge is 0.282 e. The monoisotopic (exact) mass is 458 g/mol. The molecule has 0 fully saturated rings. The van der Waals surface area contributed by atoms with Crippen molar-refractivity contribution in [3.05, 3.63) is 83.6 Å². The first-order valence-corrected chi connectivity index (χ1v) is 10.9. The third-order valence-electron chi connectivity index (χ3n) is 5.50. The van der Waals surface area contributed by atoms with Gasteiger partial charge >= 0.3 is 0 Å². The highest BCUT2D eigenvalue weighted by atomic mass is 16.5. The number of amides is 2. The standard InChI is InChI=1S/C27H26N2O5/c1-5-34-20-12-8-18(9-13-20)24-25(28-22-16-21(32-3)14-15-23(22)33-4)27(31)29(26(24)30)19-10-6-17(2)7-11-19/h6-16,28H,5H2,1-4H3. The molecule has 0 aliphatic carbocycles. The fourth-order valence-corrected chi connectivity index (χ4v) is 3.77. The quantitative estimate of drug-likeness (QED) is 0.489. The number of imide groups is 1. The summed E-state index contributed by atoms with van der Waals surface area (Å²) in [4.78, 5) is 28.4. The summed E-state index contributed by atoms with van der Waals surface area (Å²) in [6, 6.07) is 19.6. The van der Waals surface area contributed by atoms with Crippen LogP contribution in [-0.2, 0) is 9.59 Å². The molecule has 0 radical (unpaired) electrons. The number of benzene rings is 3. The maximum Gasteiger partial charge on any atom is 0.282 e. The molecule has 1 aliphatic rings. The van der Waals surface area contributed by atoms with Crippen molar-refractivity contribution in [1.29, 1.82) is 0 Å². The fourth-order valence-electron chi connectivity index (χ4n) is 3.77. The van der Waals surface area contributed by atoms with E-state index in [1.54, 1.807) is 61.7 Å². The molecule has 1 N–H and O–H groups in total. The van der Waals surface area contributed by atoms with Crippen LogP contribution < -0.4 is 24.4 Å². The summed E-state index contributed by atoms with van der Waals surface area (Å²) in [5.41, 5.74) is 3.05. The number of nitrogens with zero attached hydrogens (tertiary/aromatic N) is 1. The minimum absolute atomic E-state index is 0.154. The van der Waals surface area contributed by atoms with Crippen LogP contribution in [0.15, 0.2) is 72.4 Å². The van der Waals surface area contributed by atoms with Gasteiger partial charge in [-0.25, -0.2) is 4.90 Å². The van der Waals surface area contributed by atoms with Crippen molar-refractivity contribution in [1.82, 2.24) is 0 Å². The largest absolute Gasteiger partial charge is 0.497 e. The van der Waals surface area contributed by atoms with Gasteiger partial charge in [-0.05, 0) is 55.8 Å². The fraction of sp³-hybridized carbons (Fsp3) is 0.185. The highest BCUT2D eigenvalue weighted by Crippen LogP contribution is 2.37. The van der Waals surface area contributed by atoms with Crippen LogP contribution in [0.25, 0.3) is 5.57 Å². The van der Waals surface area contributed by atoms with Gasteiger partial charge in [-0.15, -0.1) is 0 Å². The van der Waals surface area contributed by atoms with Crippen LogP contribution in [0.2, 0.25) is 0 Å². The van der Waals surface area contributed by atoms with Gasteiger partial charge in [0.05, 0.1) is 37.8 Å². The van der Waals surface area contributed by atoms with Gasteiger partial charge in [0.15, 0.2) is 0 Å². The van der Waals surface area contributed by atoms with Crippen molar-refractivity contribution in [3.63, 3.8) is 0 Å². The third kappa shape index (κ3) is 4.32. The predicted octanol–water partition coefficient (Wildman–Crippen LogP) is 4.81. The van der Waals surface area contributed by atoms with E-state index in [2.05, 4.69) is 5.32 Å². The normalized spacial score (nSPS) is 13.4. The summed E-state index contributed by atoms with van der Waals surface area (Å²) in [5.74, 6) is 0.903. The minimum Gasteiger partial charge on any atom is -0.497 e. The zero-order valence-electron chi connectivity index (χ0n) is 19.5. The lowest BCUT2D eigenvalue weighted by Crippen LogP contribution is -2.32. The van der Waals surface area contributed by atoms with Gasteiger partial charge < -0.3 is 19.5 Å². The third-order valence-corrected chi connectivity index (χ3v) is 5.50. The maximum absolute atomic E-state index is 13.6. The second kappa shape index (κ2) is 9.70. The van der Waals surface area contributed by atoms with E-state index in [0.717, 1.165) is 5.56 Å². The number of carbonyl (C=O) groups is 2.